The van der Waals surface area contributed by atoms with Crippen molar-refractivity contribution in [2.45, 2.75) is 25.3 Å². The standard InChI is InChI=1S/C28H29ClN8O2S/c1-18-5-8-20(9-6-18)17-31-28-33-23-16-22(11-12-24(23)37(28)4)36(3)26-13-14-30-27(34-26)32-21-10-7-19(2)25(15-21)40(38,39)35-29/h5-16,35H,17H2,1-4H3,(H,31,33)(H,30,32,34). The van der Waals surface area contributed by atoms with Crippen molar-refractivity contribution < 1.29 is 8.42 Å². The molecule has 40 heavy (non-hydrogen) atoms. The summed E-state index contributed by atoms with van der Waals surface area (Å²) in [7, 11) is 0.0757. The number of anilines is 5. The highest BCUT2D eigenvalue weighted by Crippen LogP contribution is 2.28. The quantitative estimate of drug-likeness (QED) is 0.196. The molecule has 0 unspecified atom stereocenters. The zero-order valence-electron chi connectivity index (χ0n) is 22.5. The summed E-state index contributed by atoms with van der Waals surface area (Å²) in [5.74, 6) is 1.75. The van der Waals surface area contributed by atoms with Gasteiger partial charge in [-0.2, -0.15) is 4.98 Å². The van der Waals surface area contributed by atoms with Gasteiger partial charge < -0.3 is 20.1 Å². The van der Waals surface area contributed by atoms with E-state index in [2.05, 4.69) is 51.8 Å². The predicted molar refractivity (Wildman–Crippen MR) is 160 cm³/mol. The van der Waals surface area contributed by atoms with Crippen molar-refractivity contribution in [2.75, 3.05) is 22.6 Å². The van der Waals surface area contributed by atoms with Gasteiger partial charge in [-0.3, -0.25) is 0 Å². The number of benzene rings is 3. The Bertz CT molecular complexity index is 1790. The Morgan fingerprint density at radius 2 is 1.75 bits per heavy atom. The van der Waals surface area contributed by atoms with Crippen molar-refractivity contribution in [3.63, 3.8) is 0 Å². The predicted octanol–water partition coefficient (Wildman–Crippen LogP) is 5.54. The van der Waals surface area contributed by atoms with Crippen molar-refractivity contribution in [3.05, 3.63) is 89.6 Å². The fraction of sp³-hybridized carbons (Fsp3) is 0.179. The zero-order valence-corrected chi connectivity index (χ0v) is 24.0. The van der Waals surface area contributed by atoms with Crippen LogP contribution in [0.2, 0.25) is 0 Å². The molecule has 12 heteroatoms. The van der Waals surface area contributed by atoms with Crippen LogP contribution in [0.1, 0.15) is 16.7 Å². The Hall–Kier alpha value is -4.19. The van der Waals surface area contributed by atoms with Gasteiger partial charge in [-0.15, -0.1) is 4.24 Å². The largest absolute Gasteiger partial charge is 0.352 e. The van der Waals surface area contributed by atoms with E-state index >= 15 is 0 Å². The first kappa shape index (κ1) is 27.4. The topological polar surface area (TPSA) is 117 Å². The summed E-state index contributed by atoms with van der Waals surface area (Å²) in [6.07, 6.45) is 1.64. The van der Waals surface area contributed by atoms with E-state index in [4.69, 9.17) is 16.8 Å². The maximum Gasteiger partial charge on any atom is 0.254 e. The van der Waals surface area contributed by atoms with Crippen LogP contribution in [-0.4, -0.2) is 35.0 Å². The first-order chi connectivity index (χ1) is 19.1. The summed E-state index contributed by atoms with van der Waals surface area (Å²) < 4.78 is 28.3. The summed E-state index contributed by atoms with van der Waals surface area (Å²) in [6.45, 7) is 4.45. The highest BCUT2D eigenvalue weighted by molar-refractivity contribution is 7.90. The third kappa shape index (κ3) is 5.71. The van der Waals surface area contributed by atoms with E-state index in [9.17, 15) is 8.42 Å². The van der Waals surface area contributed by atoms with E-state index in [1.54, 1.807) is 31.3 Å². The maximum atomic E-state index is 12.2. The van der Waals surface area contributed by atoms with Gasteiger partial charge >= 0.3 is 0 Å². The van der Waals surface area contributed by atoms with Gasteiger partial charge in [0.1, 0.15) is 5.82 Å². The molecule has 0 fully saturated rings. The second kappa shape index (κ2) is 11.1. The number of aromatic nitrogens is 4. The lowest BCUT2D eigenvalue weighted by Crippen LogP contribution is -2.15. The van der Waals surface area contributed by atoms with Crippen molar-refractivity contribution >= 4 is 61.9 Å². The van der Waals surface area contributed by atoms with Crippen LogP contribution in [0.3, 0.4) is 0 Å². The summed E-state index contributed by atoms with van der Waals surface area (Å²) in [6, 6.07) is 21.2. The molecule has 0 saturated heterocycles. The first-order valence-electron chi connectivity index (χ1n) is 12.5. The molecule has 3 aromatic carbocycles. The Morgan fingerprint density at radius 1 is 0.975 bits per heavy atom. The monoisotopic (exact) mass is 576 g/mol. The molecule has 0 spiro atoms. The van der Waals surface area contributed by atoms with Gasteiger partial charge in [-0.05, 0) is 73.1 Å². The Balaban J connectivity index is 1.35. The molecular weight excluding hydrogens is 548 g/mol. The third-order valence-electron chi connectivity index (χ3n) is 6.64. The van der Waals surface area contributed by atoms with Crippen molar-refractivity contribution in [2.24, 2.45) is 7.05 Å². The minimum atomic E-state index is -3.83. The average Bonchev–Trinajstić information content (AvgIpc) is 3.27. The number of imidazole rings is 1. The number of hydrogen-bond donors (Lipinski definition) is 3. The van der Waals surface area contributed by atoms with Gasteiger partial charge in [0.05, 0.1) is 15.9 Å². The molecule has 206 valence electrons. The molecular formula is C28H29ClN8O2S. The molecule has 0 atom stereocenters. The number of nitrogens with one attached hydrogen (secondary N) is 3. The molecule has 5 rings (SSSR count). The number of nitrogens with zero attached hydrogens (tertiary/aromatic N) is 5. The number of fused-ring (bicyclic) bond motifs is 1. The van der Waals surface area contributed by atoms with E-state index < -0.39 is 10.0 Å². The number of hydrogen-bond acceptors (Lipinski definition) is 8. The highest BCUT2D eigenvalue weighted by Gasteiger charge is 2.17. The molecule has 0 aliphatic rings. The summed E-state index contributed by atoms with van der Waals surface area (Å²) >= 11 is 5.42. The van der Waals surface area contributed by atoms with Gasteiger partial charge in [-0.25, -0.2) is 18.4 Å². The minimum Gasteiger partial charge on any atom is -0.352 e. The van der Waals surface area contributed by atoms with Gasteiger partial charge in [-0.1, -0.05) is 35.9 Å². The number of rotatable bonds is 9. The first-order valence-corrected chi connectivity index (χ1v) is 14.3. The van der Waals surface area contributed by atoms with Gasteiger partial charge in [0.15, 0.2) is 0 Å². The van der Waals surface area contributed by atoms with Crippen LogP contribution in [-0.2, 0) is 23.6 Å². The molecule has 0 aliphatic heterocycles. The lowest BCUT2D eigenvalue weighted by molar-refractivity contribution is 0.593. The van der Waals surface area contributed by atoms with Crippen molar-refractivity contribution in [1.29, 1.82) is 0 Å². The number of sulfonamides is 1. The van der Waals surface area contributed by atoms with Crippen LogP contribution >= 0.6 is 11.8 Å². The normalized spacial score (nSPS) is 11.5. The van der Waals surface area contributed by atoms with Crippen LogP contribution in [0.4, 0.5) is 29.1 Å². The molecule has 10 nitrogen and oxygen atoms in total. The van der Waals surface area contributed by atoms with Gasteiger partial charge in [0.2, 0.25) is 11.9 Å². The second-order valence-electron chi connectivity index (χ2n) is 9.49. The molecule has 0 radical (unpaired) electrons. The lowest BCUT2D eigenvalue weighted by Gasteiger charge is -2.19. The molecule has 5 aromatic rings. The minimum absolute atomic E-state index is 0.0668. The summed E-state index contributed by atoms with van der Waals surface area (Å²) in [4.78, 5) is 15.7. The van der Waals surface area contributed by atoms with Gasteiger partial charge in [0.25, 0.3) is 10.0 Å². The second-order valence-corrected chi connectivity index (χ2v) is 11.6. The SMILES string of the molecule is Cc1ccc(CNc2nc3cc(N(C)c4ccnc(Nc5ccc(C)c(S(=O)(=O)NCl)c5)n4)ccc3n2C)cc1. The lowest BCUT2D eigenvalue weighted by atomic mass is 10.1. The van der Waals surface area contributed by atoms with Gasteiger partial charge in [0, 0.05) is 38.2 Å². The fourth-order valence-corrected chi connectivity index (χ4v) is 5.41. The van der Waals surface area contributed by atoms with E-state index in [1.807, 2.05) is 46.0 Å². The van der Waals surface area contributed by atoms with Crippen molar-refractivity contribution in [3.8, 4) is 0 Å². The van der Waals surface area contributed by atoms with Crippen LogP contribution in [0.15, 0.2) is 77.8 Å². The maximum absolute atomic E-state index is 12.2. The average molecular weight is 577 g/mol. The van der Waals surface area contributed by atoms with Crippen LogP contribution in [0.25, 0.3) is 11.0 Å². The fourth-order valence-electron chi connectivity index (χ4n) is 4.31. The molecule has 0 saturated carbocycles. The van der Waals surface area contributed by atoms with Crippen LogP contribution in [0, 0.1) is 13.8 Å². The Kier molecular flexibility index (Phi) is 7.61. The van der Waals surface area contributed by atoms with Crippen LogP contribution < -0.4 is 19.8 Å². The third-order valence-corrected chi connectivity index (χ3v) is 8.47. The van der Waals surface area contributed by atoms with Crippen LogP contribution in [0.5, 0.6) is 0 Å². The molecule has 2 aromatic heterocycles. The summed E-state index contributed by atoms with van der Waals surface area (Å²) in [5.41, 5.74) is 6.25. The number of halogens is 1. The molecule has 3 N–H and O–H groups in total. The number of aryl methyl sites for hydroxylation is 3. The van der Waals surface area contributed by atoms with E-state index in [1.165, 1.54) is 17.2 Å². The van der Waals surface area contributed by atoms with E-state index in [0.717, 1.165) is 22.7 Å². The molecule has 0 amide bonds. The molecule has 2 heterocycles. The molecule has 0 bridgehead atoms. The highest BCUT2D eigenvalue weighted by atomic mass is 35.5. The Labute approximate surface area is 238 Å². The smallest absolute Gasteiger partial charge is 0.254 e. The van der Waals surface area contributed by atoms with E-state index in [0.29, 0.717) is 29.6 Å². The van der Waals surface area contributed by atoms with E-state index in [-0.39, 0.29) is 4.90 Å². The zero-order chi connectivity index (χ0) is 28.4. The molecule has 0 aliphatic carbocycles. The van der Waals surface area contributed by atoms with Crippen molar-refractivity contribution in [1.82, 2.24) is 23.8 Å². The Morgan fingerprint density at radius 3 is 2.50 bits per heavy atom. The summed E-state index contributed by atoms with van der Waals surface area (Å²) in [5, 5.41) is 6.51.